The van der Waals surface area contributed by atoms with E-state index in [1.165, 1.54) is 0 Å². The number of hydrogen-bond acceptors (Lipinski definition) is 5. The van der Waals surface area contributed by atoms with Crippen molar-refractivity contribution in [1.82, 2.24) is 4.90 Å². The topological polar surface area (TPSA) is 92.8 Å². The van der Waals surface area contributed by atoms with Crippen LogP contribution in [-0.2, 0) is 14.3 Å². The highest BCUT2D eigenvalue weighted by Crippen LogP contribution is 2.39. The van der Waals surface area contributed by atoms with E-state index in [1.54, 1.807) is 38.1 Å². The third-order valence-corrected chi connectivity index (χ3v) is 12.5. The number of fused-ring (bicyclic) bond motifs is 1. The summed E-state index contributed by atoms with van der Waals surface area (Å²) < 4.78 is 8.30. The molecule has 3 amide bonds. The van der Waals surface area contributed by atoms with E-state index in [4.69, 9.17) is 16.3 Å². The molecule has 0 saturated heterocycles. The van der Waals surface area contributed by atoms with Gasteiger partial charge in [-0.05, 0) is 108 Å². The van der Waals surface area contributed by atoms with E-state index < -0.39 is 42.3 Å². The number of halogens is 5. The van der Waals surface area contributed by atoms with Crippen molar-refractivity contribution in [2.45, 2.75) is 19.9 Å². The van der Waals surface area contributed by atoms with Gasteiger partial charge < -0.3 is 10.1 Å². The molecular weight excluding hydrogens is 903 g/mol. The van der Waals surface area contributed by atoms with Gasteiger partial charge in [0.2, 0.25) is 0 Å². The summed E-state index contributed by atoms with van der Waals surface area (Å²) in [6.45, 7) is 2.84. The fourth-order valence-electron chi connectivity index (χ4n) is 3.27. The van der Waals surface area contributed by atoms with Crippen LogP contribution >= 0.6 is 102 Å². The summed E-state index contributed by atoms with van der Waals surface area (Å²) in [5.74, 6) is -2.93. The number of benzene rings is 2. The predicted molar refractivity (Wildman–Crippen MR) is 157 cm³/mol. The van der Waals surface area contributed by atoms with Crippen LogP contribution in [0.1, 0.15) is 34.6 Å². The Morgan fingerprint density at radius 2 is 1.48 bits per heavy atom. The lowest BCUT2D eigenvalue weighted by molar-refractivity contribution is -0.152. The molecule has 1 N–H and O–H groups in total. The Hall–Kier alpha value is -0.270. The Labute approximate surface area is 249 Å². The highest BCUT2D eigenvalue weighted by molar-refractivity contribution is 14.1. The van der Waals surface area contributed by atoms with Crippen molar-refractivity contribution in [2.75, 3.05) is 11.9 Å². The molecule has 33 heavy (non-hydrogen) atoms. The van der Waals surface area contributed by atoms with Gasteiger partial charge in [0, 0.05) is 14.3 Å². The maximum absolute atomic E-state index is 13.3. The Morgan fingerprint density at radius 3 is 1.97 bits per heavy atom. The largest absolute Gasteiger partial charge is 0.454 e. The lowest BCUT2D eigenvalue weighted by Crippen LogP contribution is -2.49. The minimum atomic E-state index is -1.17. The molecule has 0 unspecified atom stereocenters. The number of carbonyl (C=O) groups is 4. The van der Waals surface area contributed by atoms with Gasteiger partial charge in [-0.1, -0.05) is 37.6 Å². The molecule has 3 rings (SSSR count). The zero-order chi connectivity index (χ0) is 24.6. The molecule has 0 bridgehead atoms. The van der Waals surface area contributed by atoms with Crippen LogP contribution in [0.15, 0.2) is 24.3 Å². The van der Waals surface area contributed by atoms with Crippen molar-refractivity contribution in [1.29, 1.82) is 0 Å². The molecule has 174 valence electrons. The van der Waals surface area contributed by atoms with Crippen LogP contribution in [0, 0.1) is 20.2 Å². The molecule has 12 heteroatoms. The molecule has 2 aromatic rings. The van der Waals surface area contributed by atoms with E-state index in [-0.39, 0.29) is 0 Å². The second-order valence-electron chi connectivity index (χ2n) is 7.31. The first-order valence-electron chi connectivity index (χ1n) is 9.42. The highest BCUT2D eigenvalue weighted by Gasteiger charge is 2.47. The van der Waals surface area contributed by atoms with Gasteiger partial charge in [-0.25, -0.2) is 4.79 Å². The number of anilines is 1. The summed E-state index contributed by atoms with van der Waals surface area (Å²) >= 11 is 14.4. The predicted octanol–water partition coefficient (Wildman–Crippen LogP) is 5.56. The molecule has 0 fully saturated rings. The molecule has 1 aliphatic heterocycles. The SMILES string of the molecule is CC(C)[C@H](C(=O)OCC(=O)Nc1ccccc1Cl)N1C(=O)c2c(I)c(I)c(I)c(I)c2C1=O. The zero-order valence-electron chi connectivity index (χ0n) is 17.0. The van der Waals surface area contributed by atoms with Crippen molar-refractivity contribution in [3.8, 4) is 0 Å². The fourth-order valence-corrected chi connectivity index (χ4v) is 7.10. The summed E-state index contributed by atoms with van der Waals surface area (Å²) in [6.07, 6.45) is 0. The van der Waals surface area contributed by atoms with Crippen molar-refractivity contribution in [3.05, 3.63) is 54.7 Å². The number of nitrogens with one attached hydrogen (secondary N) is 1. The van der Waals surface area contributed by atoms with Gasteiger partial charge in [0.25, 0.3) is 17.7 Å². The molecular formula is C21H15ClI4N2O5. The normalized spacial score (nSPS) is 13.9. The summed E-state index contributed by atoms with van der Waals surface area (Å²) in [5, 5.41) is 2.91. The molecule has 7 nitrogen and oxygen atoms in total. The Bertz CT molecular complexity index is 1140. The number of nitrogens with zero attached hydrogens (tertiary/aromatic N) is 1. The molecule has 0 spiro atoms. The molecule has 0 saturated carbocycles. The smallest absolute Gasteiger partial charge is 0.330 e. The molecule has 1 aliphatic rings. The van der Waals surface area contributed by atoms with E-state index in [0.717, 1.165) is 12.0 Å². The molecule has 1 heterocycles. The monoisotopic (exact) mass is 918 g/mol. The van der Waals surface area contributed by atoms with Crippen LogP contribution in [0.5, 0.6) is 0 Å². The average Bonchev–Trinajstić information content (AvgIpc) is 3.01. The van der Waals surface area contributed by atoms with Crippen molar-refractivity contribution in [3.63, 3.8) is 0 Å². The Balaban J connectivity index is 1.82. The van der Waals surface area contributed by atoms with E-state index in [1.807, 2.05) is 45.2 Å². The molecule has 1 atom stereocenters. The van der Waals surface area contributed by atoms with E-state index in [0.29, 0.717) is 29.0 Å². The van der Waals surface area contributed by atoms with Crippen LogP contribution in [0.3, 0.4) is 0 Å². The fraction of sp³-hybridized carbons (Fsp3) is 0.238. The number of carbonyl (C=O) groups excluding carboxylic acids is 4. The van der Waals surface area contributed by atoms with Gasteiger partial charge in [0.1, 0.15) is 6.04 Å². The van der Waals surface area contributed by atoms with Crippen molar-refractivity contribution < 1.29 is 23.9 Å². The van der Waals surface area contributed by atoms with E-state index in [2.05, 4.69) is 50.5 Å². The van der Waals surface area contributed by atoms with E-state index >= 15 is 0 Å². The Kier molecular flexibility index (Phi) is 9.27. The number of hydrogen-bond donors (Lipinski definition) is 1. The summed E-state index contributed by atoms with van der Waals surface area (Å²) in [7, 11) is 0. The van der Waals surface area contributed by atoms with Gasteiger partial charge >= 0.3 is 5.97 Å². The second kappa shape index (κ2) is 11.2. The summed E-state index contributed by atoms with van der Waals surface area (Å²) in [5.41, 5.74) is 0.976. The molecule has 2 aromatic carbocycles. The van der Waals surface area contributed by atoms with Crippen molar-refractivity contribution >= 4 is 131 Å². The third-order valence-electron chi connectivity index (χ3n) is 4.78. The average molecular weight is 918 g/mol. The number of rotatable bonds is 6. The maximum atomic E-state index is 13.3. The first-order chi connectivity index (χ1) is 15.5. The van der Waals surface area contributed by atoms with Crippen LogP contribution in [-0.4, -0.2) is 41.2 Å². The molecule has 0 aromatic heterocycles. The van der Waals surface area contributed by atoms with Crippen LogP contribution < -0.4 is 5.32 Å². The number of esters is 1. The Morgan fingerprint density at radius 1 is 0.970 bits per heavy atom. The van der Waals surface area contributed by atoms with Crippen LogP contribution in [0.25, 0.3) is 0 Å². The first kappa shape index (κ1) is 27.3. The van der Waals surface area contributed by atoms with Gasteiger partial charge in [0.15, 0.2) is 6.61 Å². The standard InChI is InChI=1S/C21H15ClI4N2O5/c1-8(2)18(21(32)33-7-11(29)27-10-6-4-3-5-9(10)22)28-19(30)12-13(20(28)31)15(24)17(26)16(25)14(12)23/h3-6,8,18H,7H2,1-2H3,(H,27,29)/t18-/m1/s1. The van der Waals surface area contributed by atoms with Crippen LogP contribution in [0.4, 0.5) is 5.69 Å². The number of imide groups is 1. The third kappa shape index (κ3) is 5.45. The lowest BCUT2D eigenvalue weighted by Gasteiger charge is -2.27. The zero-order valence-corrected chi connectivity index (χ0v) is 26.4. The van der Waals surface area contributed by atoms with Crippen molar-refractivity contribution in [2.24, 2.45) is 5.92 Å². The summed E-state index contributed by atoms with van der Waals surface area (Å²) in [4.78, 5) is 52.8. The summed E-state index contributed by atoms with van der Waals surface area (Å²) in [6, 6.07) is 5.48. The van der Waals surface area contributed by atoms with Crippen LogP contribution in [0.2, 0.25) is 5.02 Å². The van der Waals surface area contributed by atoms with Gasteiger partial charge in [0.05, 0.1) is 21.8 Å². The quantitative estimate of drug-likeness (QED) is 0.135. The minimum absolute atomic E-state index is 0.296. The minimum Gasteiger partial charge on any atom is -0.454 e. The van der Waals surface area contributed by atoms with Gasteiger partial charge in [-0.2, -0.15) is 0 Å². The second-order valence-corrected chi connectivity index (χ2v) is 12.0. The highest BCUT2D eigenvalue weighted by atomic mass is 127. The van der Waals surface area contributed by atoms with Gasteiger partial charge in [-0.3, -0.25) is 19.3 Å². The first-order valence-corrected chi connectivity index (χ1v) is 14.1. The molecule has 0 aliphatic carbocycles. The lowest BCUT2D eigenvalue weighted by atomic mass is 10.0. The number of amides is 3. The van der Waals surface area contributed by atoms with E-state index in [9.17, 15) is 19.2 Å². The number of ether oxygens (including phenoxy) is 1. The van der Waals surface area contributed by atoms with Gasteiger partial charge in [-0.15, -0.1) is 0 Å². The maximum Gasteiger partial charge on any atom is 0.330 e. The molecule has 0 radical (unpaired) electrons. The number of para-hydroxylation sites is 1.